The van der Waals surface area contributed by atoms with Gasteiger partial charge >= 0.3 is 0 Å². The van der Waals surface area contributed by atoms with Gasteiger partial charge in [0.15, 0.2) is 11.6 Å². The van der Waals surface area contributed by atoms with Crippen LogP contribution < -0.4 is 0 Å². The minimum atomic E-state index is -0.415. The van der Waals surface area contributed by atoms with Crippen LogP contribution in [0, 0.1) is 5.82 Å². The molecule has 0 aliphatic carbocycles. The van der Waals surface area contributed by atoms with Gasteiger partial charge in [0.05, 0.1) is 18.5 Å². The zero-order valence-corrected chi connectivity index (χ0v) is 5.99. The number of ether oxygens (including phenoxy) is 1. The molecule has 1 aliphatic rings. The first kappa shape index (κ1) is 6.67. The van der Waals surface area contributed by atoms with Crippen molar-refractivity contribution in [2.45, 2.75) is 19.1 Å². The summed E-state index contributed by atoms with van der Waals surface area (Å²) in [4.78, 5) is 7.56. The van der Waals surface area contributed by atoms with E-state index in [0.717, 1.165) is 12.4 Å². The molecule has 0 spiro atoms. The van der Waals surface area contributed by atoms with Crippen molar-refractivity contribution in [2.24, 2.45) is 0 Å². The molecular weight excluding hydrogens is 147 g/mol. The topological polar surface area (TPSA) is 38.3 Å². The van der Waals surface area contributed by atoms with Crippen LogP contribution >= 0.6 is 0 Å². The van der Waals surface area contributed by atoms with Gasteiger partial charge in [0, 0.05) is 0 Å². The van der Waals surface area contributed by atoms with Gasteiger partial charge in [-0.15, -0.1) is 0 Å². The highest BCUT2D eigenvalue weighted by Gasteiger charge is 2.38. The molecule has 2 rings (SSSR count). The number of epoxide rings is 1. The second-order valence-electron chi connectivity index (χ2n) is 2.52. The van der Waals surface area contributed by atoms with E-state index >= 15 is 0 Å². The van der Waals surface area contributed by atoms with E-state index in [4.69, 9.17) is 4.74 Å². The third kappa shape index (κ3) is 1.21. The van der Waals surface area contributed by atoms with Crippen molar-refractivity contribution in [3.05, 3.63) is 24.0 Å². The highest BCUT2D eigenvalue weighted by Crippen LogP contribution is 2.35. The normalized spacial score (nSPS) is 28.5. The van der Waals surface area contributed by atoms with Crippen LogP contribution in [0.15, 0.2) is 12.4 Å². The lowest BCUT2D eigenvalue weighted by Gasteiger charge is -1.91. The summed E-state index contributed by atoms with van der Waals surface area (Å²) in [6.45, 7) is 1.93. The molecule has 1 aromatic heterocycles. The molecule has 0 amide bonds. The van der Waals surface area contributed by atoms with Gasteiger partial charge < -0.3 is 4.74 Å². The molecule has 4 heteroatoms. The summed E-state index contributed by atoms with van der Waals surface area (Å²) >= 11 is 0. The monoisotopic (exact) mass is 154 g/mol. The summed E-state index contributed by atoms with van der Waals surface area (Å²) in [6.07, 6.45) is 2.46. The van der Waals surface area contributed by atoms with Gasteiger partial charge in [-0.1, -0.05) is 0 Å². The number of hydrogen-bond donors (Lipinski definition) is 0. The van der Waals surface area contributed by atoms with Crippen LogP contribution in [0.3, 0.4) is 0 Å². The molecule has 0 saturated carbocycles. The van der Waals surface area contributed by atoms with Crippen molar-refractivity contribution in [1.29, 1.82) is 0 Å². The first-order valence-electron chi connectivity index (χ1n) is 3.40. The van der Waals surface area contributed by atoms with Gasteiger partial charge in [-0.05, 0) is 6.92 Å². The SMILES string of the molecule is C[C@@H]1O[C@@H]1c1ncc(F)cn1. The molecule has 58 valence electrons. The molecule has 0 bridgehead atoms. The van der Waals surface area contributed by atoms with Crippen molar-refractivity contribution >= 4 is 0 Å². The van der Waals surface area contributed by atoms with Crippen molar-refractivity contribution < 1.29 is 9.13 Å². The number of halogens is 1. The van der Waals surface area contributed by atoms with Crippen molar-refractivity contribution in [2.75, 3.05) is 0 Å². The third-order valence-electron chi connectivity index (χ3n) is 1.61. The summed E-state index contributed by atoms with van der Waals surface area (Å²) in [6, 6.07) is 0. The van der Waals surface area contributed by atoms with Gasteiger partial charge in [0.2, 0.25) is 0 Å². The number of nitrogens with zero attached hydrogens (tertiary/aromatic N) is 2. The Balaban J connectivity index is 2.21. The zero-order valence-electron chi connectivity index (χ0n) is 5.99. The molecule has 1 aromatic rings. The fraction of sp³-hybridized carbons (Fsp3) is 0.429. The van der Waals surface area contributed by atoms with Gasteiger partial charge in [0.1, 0.15) is 6.10 Å². The molecule has 0 aromatic carbocycles. The minimum absolute atomic E-state index is 0.0180. The minimum Gasteiger partial charge on any atom is -0.361 e. The van der Waals surface area contributed by atoms with Crippen molar-refractivity contribution in [3.63, 3.8) is 0 Å². The van der Waals surface area contributed by atoms with E-state index in [1.165, 1.54) is 0 Å². The average Bonchev–Trinajstić information content (AvgIpc) is 2.69. The van der Waals surface area contributed by atoms with E-state index in [0.29, 0.717) is 5.82 Å². The van der Waals surface area contributed by atoms with Crippen LogP contribution in [0.25, 0.3) is 0 Å². The van der Waals surface area contributed by atoms with Gasteiger partial charge in [-0.3, -0.25) is 0 Å². The van der Waals surface area contributed by atoms with Gasteiger partial charge in [-0.2, -0.15) is 0 Å². The number of aromatic nitrogens is 2. The van der Waals surface area contributed by atoms with E-state index < -0.39 is 5.82 Å². The first-order chi connectivity index (χ1) is 5.27. The van der Waals surface area contributed by atoms with Crippen LogP contribution in [0.4, 0.5) is 4.39 Å². The van der Waals surface area contributed by atoms with Crippen LogP contribution in [-0.4, -0.2) is 16.1 Å². The summed E-state index contributed by atoms with van der Waals surface area (Å²) in [5, 5.41) is 0. The Morgan fingerprint density at radius 1 is 1.45 bits per heavy atom. The van der Waals surface area contributed by atoms with Crippen LogP contribution in [-0.2, 0) is 4.74 Å². The average molecular weight is 154 g/mol. The highest BCUT2D eigenvalue weighted by molar-refractivity contribution is 5.02. The molecule has 2 atom stereocenters. The fourth-order valence-electron chi connectivity index (χ4n) is 0.926. The Hall–Kier alpha value is -1.03. The quantitative estimate of drug-likeness (QED) is 0.568. The smallest absolute Gasteiger partial charge is 0.159 e. The fourth-order valence-corrected chi connectivity index (χ4v) is 0.926. The molecule has 3 nitrogen and oxygen atoms in total. The predicted octanol–water partition coefficient (Wildman–Crippen LogP) is 1.08. The molecule has 0 N–H and O–H groups in total. The van der Waals surface area contributed by atoms with Crippen molar-refractivity contribution in [1.82, 2.24) is 9.97 Å². The molecular formula is C7H7FN2O. The summed E-state index contributed by atoms with van der Waals surface area (Å²) in [7, 11) is 0. The number of hydrogen-bond acceptors (Lipinski definition) is 3. The molecule has 0 radical (unpaired) electrons. The molecule has 1 fully saturated rings. The van der Waals surface area contributed by atoms with Gasteiger partial charge in [0.25, 0.3) is 0 Å². The Morgan fingerprint density at radius 2 is 2.00 bits per heavy atom. The third-order valence-corrected chi connectivity index (χ3v) is 1.61. The maximum absolute atomic E-state index is 12.3. The Morgan fingerprint density at radius 3 is 2.45 bits per heavy atom. The van der Waals surface area contributed by atoms with E-state index in [1.807, 2.05) is 6.92 Å². The summed E-state index contributed by atoms with van der Waals surface area (Å²) < 4.78 is 17.4. The largest absolute Gasteiger partial charge is 0.361 e. The van der Waals surface area contributed by atoms with E-state index in [9.17, 15) is 4.39 Å². The maximum Gasteiger partial charge on any atom is 0.159 e. The van der Waals surface area contributed by atoms with Crippen LogP contribution in [0.1, 0.15) is 18.9 Å². The molecule has 11 heavy (non-hydrogen) atoms. The van der Waals surface area contributed by atoms with Crippen LogP contribution in [0.2, 0.25) is 0 Å². The van der Waals surface area contributed by atoms with Gasteiger partial charge in [-0.25, -0.2) is 14.4 Å². The highest BCUT2D eigenvalue weighted by atomic mass is 19.1. The lowest BCUT2D eigenvalue weighted by Crippen LogP contribution is -1.94. The summed E-state index contributed by atoms with van der Waals surface area (Å²) in [5.74, 6) is 0.154. The second-order valence-corrected chi connectivity index (χ2v) is 2.52. The van der Waals surface area contributed by atoms with Crippen molar-refractivity contribution in [3.8, 4) is 0 Å². The Kier molecular flexibility index (Phi) is 1.35. The lowest BCUT2D eigenvalue weighted by atomic mass is 10.3. The van der Waals surface area contributed by atoms with E-state index in [1.54, 1.807) is 0 Å². The molecule has 1 aliphatic heterocycles. The maximum atomic E-state index is 12.3. The molecule has 0 unspecified atom stereocenters. The standard InChI is InChI=1S/C7H7FN2O/c1-4-6(11-4)7-9-2-5(8)3-10-7/h2-4,6H,1H3/t4-,6-/m0/s1. The Labute approximate surface area is 63.2 Å². The lowest BCUT2D eigenvalue weighted by molar-refractivity contribution is 0.376. The molecule has 1 saturated heterocycles. The number of rotatable bonds is 1. The van der Waals surface area contributed by atoms with Crippen LogP contribution in [0.5, 0.6) is 0 Å². The molecule has 2 heterocycles. The Bertz CT molecular complexity index is 262. The predicted molar refractivity (Wildman–Crippen MR) is 35.3 cm³/mol. The zero-order chi connectivity index (χ0) is 7.84. The summed E-state index contributed by atoms with van der Waals surface area (Å²) in [5.41, 5.74) is 0. The van der Waals surface area contributed by atoms with E-state index in [2.05, 4.69) is 9.97 Å². The second kappa shape index (κ2) is 2.23. The first-order valence-corrected chi connectivity index (χ1v) is 3.40. The van der Waals surface area contributed by atoms with E-state index in [-0.39, 0.29) is 12.2 Å².